The van der Waals surface area contributed by atoms with E-state index in [1.54, 1.807) is 10.9 Å². The number of aromatic nitrogens is 2. The van der Waals surface area contributed by atoms with Crippen LogP contribution < -0.4 is 0 Å². The monoisotopic (exact) mass is 236 g/mol. The Morgan fingerprint density at radius 3 is 2.75 bits per heavy atom. The highest BCUT2D eigenvalue weighted by Crippen LogP contribution is 2.22. The molecule has 2 aromatic rings. The molecule has 0 spiro atoms. The molecule has 1 aromatic heterocycles. The third-order valence-electron chi connectivity index (χ3n) is 2.57. The molecule has 0 radical (unpaired) electrons. The predicted molar refractivity (Wildman–Crippen MR) is 63.3 cm³/mol. The van der Waals surface area contributed by atoms with Crippen LogP contribution in [-0.2, 0) is 13.5 Å². The first-order valence-electron chi connectivity index (χ1n) is 5.08. The summed E-state index contributed by atoms with van der Waals surface area (Å²) in [4.78, 5) is 0. The number of nitrogens with zero attached hydrogens (tertiary/aromatic N) is 2. The summed E-state index contributed by atoms with van der Waals surface area (Å²) in [5.41, 5.74) is 1.73. The molecule has 3 nitrogen and oxygen atoms in total. The van der Waals surface area contributed by atoms with Gasteiger partial charge in [-0.2, -0.15) is 5.10 Å². The van der Waals surface area contributed by atoms with E-state index < -0.39 is 6.10 Å². The van der Waals surface area contributed by atoms with Crippen LogP contribution in [0.1, 0.15) is 17.4 Å². The van der Waals surface area contributed by atoms with Crippen LogP contribution in [0, 0.1) is 0 Å². The van der Waals surface area contributed by atoms with Crippen LogP contribution in [0.3, 0.4) is 0 Å². The van der Waals surface area contributed by atoms with Gasteiger partial charge in [-0.3, -0.25) is 4.68 Å². The lowest BCUT2D eigenvalue weighted by Gasteiger charge is -2.11. The maximum Gasteiger partial charge on any atom is 0.0997 e. The number of aryl methyl sites for hydroxylation is 1. The lowest BCUT2D eigenvalue weighted by atomic mass is 10.1. The van der Waals surface area contributed by atoms with E-state index in [-0.39, 0.29) is 0 Å². The zero-order chi connectivity index (χ0) is 11.5. The second-order valence-electron chi connectivity index (χ2n) is 3.69. The third kappa shape index (κ3) is 2.26. The largest absolute Gasteiger partial charge is 0.386 e. The number of halogens is 1. The van der Waals surface area contributed by atoms with Crippen LogP contribution in [0.15, 0.2) is 36.5 Å². The molecule has 16 heavy (non-hydrogen) atoms. The molecule has 0 fully saturated rings. The second-order valence-corrected chi connectivity index (χ2v) is 4.10. The van der Waals surface area contributed by atoms with E-state index in [2.05, 4.69) is 5.10 Å². The van der Waals surface area contributed by atoms with Gasteiger partial charge in [0.05, 0.1) is 11.8 Å². The highest BCUT2D eigenvalue weighted by atomic mass is 35.5. The average molecular weight is 237 g/mol. The van der Waals surface area contributed by atoms with Crippen molar-refractivity contribution in [2.75, 3.05) is 0 Å². The second kappa shape index (κ2) is 4.68. The number of aliphatic hydroxyl groups excluding tert-OH is 1. The van der Waals surface area contributed by atoms with Crippen molar-refractivity contribution in [3.05, 3.63) is 52.8 Å². The van der Waals surface area contributed by atoms with Crippen molar-refractivity contribution >= 4 is 11.6 Å². The van der Waals surface area contributed by atoms with Gasteiger partial charge in [0.15, 0.2) is 0 Å². The van der Waals surface area contributed by atoms with Crippen molar-refractivity contribution in [2.45, 2.75) is 12.5 Å². The minimum absolute atomic E-state index is 0.499. The van der Waals surface area contributed by atoms with Gasteiger partial charge in [0.2, 0.25) is 0 Å². The van der Waals surface area contributed by atoms with E-state index >= 15 is 0 Å². The SMILES string of the molecule is Cn1nccc1C(O)Cc1ccccc1Cl. The van der Waals surface area contributed by atoms with Crippen molar-refractivity contribution in [3.63, 3.8) is 0 Å². The Balaban J connectivity index is 2.17. The van der Waals surface area contributed by atoms with Gasteiger partial charge in [0, 0.05) is 24.7 Å². The number of hydrogen-bond acceptors (Lipinski definition) is 2. The zero-order valence-corrected chi connectivity index (χ0v) is 9.72. The van der Waals surface area contributed by atoms with Crippen LogP contribution in [0.25, 0.3) is 0 Å². The molecule has 0 amide bonds. The Hall–Kier alpha value is -1.32. The molecule has 1 unspecified atom stereocenters. The molecule has 0 bridgehead atoms. The lowest BCUT2D eigenvalue weighted by Crippen LogP contribution is -2.08. The van der Waals surface area contributed by atoms with Crippen molar-refractivity contribution in [1.82, 2.24) is 9.78 Å². The molecule has 1 aromatic carbocycles. The van der Waals surface area contributed by atoms with E-state index in [9.17, 15) is 5.11 Å². The van der Waals surface area contributed by atoms with Crippen LogP contribution in [0.5, 0.6) is 0 Å². The Bertz CT molecular complexity index is 481. The summed E-state index contributed by atoms with van der Waals surface area (Å²) in [6.45, 7) is 0. The summed E-state index contributed by atoms with van der Waals surface area (Å²) >= 11 is 6.04. The first-order chi connectivity index (χ1) is 7.68. The molecular weight excluding hydrogens is 224 g/mol. The summed E-state index contributed by atoms with van der Waals surface area (Å²) in [5.74, 6) is 0. The summed E-state index contributed by atoms with van der Waals surface area (Å²) in [6.07, 6.45) is 1.59. The third-order valence-corrected chi connectivity index (χ3v) is 2.94. The molecule has 1 atom stereocenters. The molecule has 0 aliphatic heterocycles. The van der Waals surface area contributed by atoms with Gasteiger partial charge >= 0.3 is 0 Å². The highest BCUT2D eigenvalue weighted by Gasteiger charge is 2.13. The predicted octanol–water partition coefficient (Wildman–Crippen LogP) is 2.35. The fraction of sp³-hybridized carbons (Fsp3) is 0.250. The number of rotatable bonds is 3. The first-order valence-corrected chi connectivity index (χ1v) is 5.45. The van der Waals surface area contributed by atoms with E-state index in [0.717, 1.165) is 11.3 Å². The summed E-state index contributed by atoms with van der Waals surface area (Å²) in [7, 11) is 1.81. The van der Waals surface area contributed by atoms with Crippen molar-refractivity contribution < 1.29 is 5.11 Å². The van der Waals surface area contributed by atoms with Gasteiger partial charge in [0.25, 0.3) is 0 Å². The zero-order valence-electron chi connectivity index (χ0n) is 8.97. The van der Waals surface area contributed by atoms with Crippen LogP contribution >= 0.6 is 11.6 Å². The Kier molecular flexibility index (Phi) is 3.27. The summed E-state index contributed by atoms with van der Waals surface area (Å²) in [6, 6.07) is 9.34. The van der Waals surface area contributed by atoms with Crippen LogP contribution in [0.4, 0.5) is 0 Å². The van der Waals surface area contributed by atoms with Gasteiger partial charge in [-0.15, -0.1) is 0 Å². The van der Waals surface area contributed by atoms with E-state index in [0.29, 0.717) is 11.4 Å². The molecule has 4 heteroatoms. The van der Waals surface area contributed by atoms with Gasteiger partial charge in [-0.1, -0.05) is 29.8 Å². The molecule has 0 aliphatic rings. The minimum Gasteiger partial charge on any atom is -0.386 e. The van der Waals surface area contributed by atoms with Gasteiger partial charge in [-0.05, 0) is 17.7 Å². The van der Waals surface area contributed by atoms with E-state index in [1.807, 2.05) is 37.4 Å². The molecular formula is C12H13ClN2O. The quantitative estimate of drug-likeness (QED) is 0.889. The average Bonchev–Trinajstić information content (AvgIpc) is 2.68. The molecule has 84 valence electrons. The molecule has 1 N–H and O–H groups in total. The summed E-state index contributed by atoms with van der Waals surface area (Å²) < 4.78 is 1.67. The maximum absolute atomic E-state index is 10.0. The normalized spacial score (nSPS) is 12.7. The molecule has 0 saturated heterocycles. The molecule has 1 heterocycles. The van der Waals surface area contributed by atoms with Crippen LogP contribution in [0.2, 0.25) is 5.02 Å². The van der Waals surface area contributed by atoms with E-state index in [4.69, 9.17) is 11.6 Å². The first kappa shape index (κ1) is 11.2. The molecule has 2 rings (SSSR count). The van der Waals surface area contributed by atoms with Gasteiger partial charge in [-0.25, -0.2) is 0 Å². The number of aliphatic hydroxyl groups is 1. The summed E-state index contributed by atoms with van der Waals surface area (Å²) in [5, 5.41) is 14.8. The van der Waals surface area contributed by atoms with Gasteiger partial charge < -0.3 is 5.11 Å². The van der Waals surface area contributed by atoms with Crippen LogP contribution in [-0.4, -0.2) is 14.9 Å². The topological polar surface area (TPSA) is 38.0 Å². The smallest absolute Gasteiger partial charge is 0.0997 e. The number of benzene rings is 1. The number of hydrogen-bond donors (Lipinski definition) is 1. The Labute approximate surface area is 99.3 Å². The van der Waals surface area contributed by atoms with E-state index in [1.165, 1.54) is 0 Å². The standard InChI is InChI=1S/C12H13ClN2O/c1-15-11(6-7-14-15)12(16)8-9-4-2-3-5-10(9)13/h2-7,12,16H,8H2,1H3. The van der Waals surface area contributed by atoms with Gasteiger partial charge in [0.1, 0.15) is 0 Å². The van der Waals surface area contributed by atoms with Crippen molar-refractivity contribution in [2.24, 2.45) is 7.05 Å². The molecule has 0 saturated carbocycles. The highest BCUT2D eigenvalue weighted by molar-refractivity contribution is 6.31. The molecule has 0 aliphatic carbocycles. The fourth-order valence-corrected chi connectivity index (χ4v) is 1.90. The Morgan fingerprint density at radius 1 is 1.38 bits per heavy atom. The Morgan fingerprint density at radius 2 is 2.12 bits per heavy atom. The minimum atomic E-state index is -0.576. The lowest BCUT2D eigenvalue weighted by molar-refractivity contribution is 0.168. The fourth-order valence-electron chi connectivity index (χ4n) is 1.69. The van der Waals surface area contributed by atoms with Crippen molar-refractivity contribution in [3.8, 4) is 0 Å². The van der Waals surface area contributed by atoms with Crippen molar-refractivity contribution in [1.29, 1.82) is 0 Å². The maximum atomic E-state index is 10.0.